The quantitative estimate of drug-likeness (QED) is 0.185. The van der Waals surface area contributed by atoms with E-state index in [2.05, 4.69) is 108 Å². The first-order valence-electron chi connectivity index (χ1n) is 16.9. The summed E-state index contributed by atoms with van der Waals surface area (Å²) in [7, 11) is 0. The minimum atomic E-state index is 0.420. The van der Waals surface area contributed by atoms with Crippen LogP contribution in [0.4, 0.5) is 0 Å². The van der Waals surface area contributed by atoms with Crippen molar-refractivity contribution in [1.82, 2.24) is 19.5 Å². The summed E-state index contributed by atoms with van der Waals surface area (Å²) in [4.78, 5) is 16.2. The van der Waals surface area contributed by atoms with Crippen molar-refractivity contribution in [2.24, 2.45) is 0 Å². The molecular formula is C45H30N4S. The number of aromatic nitrogens is 4. The molecule has 3 heterocycles. The Bertz CT molecular complexity index is 2520. The van der Waals surface area contributed by atoms with Crippen molar-refractivity contribution in [2.75, 3.05) is 0 Å². The van der Waals surface area contributed by atoms with Gasteiger partial charge in [0.2, 0.25) is 0 Å². The van der Waals surface area contributed by atoms with Crippen molar-refractivity contribution in [3.8, 4) is 51.0 Å². The Kier molecular flexibility index (Phi) is 6.84. The van der Waals surface area contributed by atoms with Crippen molar-refractivity contribution < 1.29 is 0 Å². The molecule has 0 amide bonds. The summed E-state index contributed by atoms with van der Waals surface area (Å²) in [6, 6.07) is 55.4. The van der Waals surface area contributed by atoms with Crippen molar-refractivity contribution in [1.29, 1.82) is 0 Å². The second-order valence-electron chi connectivity index (χ2n) is 12.8. The number of rotatable bonds is 5. The van der Waals surface area contributed by atoms with Gasteiger partial charge in [0.25, 0.3) is 0 Å². The molecule has 6 aromatic carbocycles. The van der Waals surface area contributed by atoms with E-state index in [1.165, 1.54) is 49.3 Å². The third-order valence-corrected chi connectivity index (χ3v) is 11.1. The van der Waals surface area contributed by atoms with Crippen LogP contribution in [0.1, 0.15) is 16.8 Å². The van der Waals surface area contributed by atoms with E-state index in [4.69, 9.17) is 15.0 Å². The van der Waals surface area contributed by atoms with E-state index in [0.717, 1.165) is 28.8 Å². The van der Waals surface area contributed by atoms with E-state index >= 15 is 0 Å². The summed E-state index contributed by atoms with van der Waals surface area (Å²) in [5, 5.41) is 1.73. The smallest absolute Gasteiger partial charge is 0.164 e. The first-order valence-corrected chi connectivity index (χ1v) is 17.8. The fourth-order valence-corrected chi connectivity index (χ4v) is 8.73. The maximum absolute atomic E-state index is 4.97. The average Bonchev–Trinajstić information content (AvgIpc) is 3.72. The average molecular weight is 659 g/mol. The zero-order chi connectivity index (χ0) is 33.0. The van der Waals surface area contributed by atoms with Crippen LogP contribution >= 0.6 is 11.8 Å². The zero-order valence-corrected chi connectivity index (χ0v) is 27.9. The number of hydrogen-bond donors (Lipinski definition) is 0. The molecule has 2 aromatic heterocycles. The predicted octanol–water partition coefficient (Wildman–Crippen LogP) is 11.1. The fraction of sp³-hybridized carbons (Fsp3) is 0.0444. The van der Waals surface area contributed by atoms with Gasteiger partial charge in [-0.25, -0.2) is 15.0 Å². The number of thioether (sulfide) groups is 1. The van der Waals surface area contributed by atoms with Gasteiger partial charge in [-0.2, -0.15) is 0 Å². The molecule has 0 radical (unpaired) electrons. The van der Waals surface area contributed by atoms with E-state index in [1.807, 2.05) is 72.4 Å². The van der Waals surface area contributed by atoms with Crippen LogP contribution in [-0.2, 0) is 6.42 Å². The lowest BCUT2D eigenvalue weighted by Crippen LogP contribution is -2.11. The standard InChI is InChI=1S/C45H30N4S/c1-4-12-29(13-5-1)33-22-25-39-36(26-33)37-28-42-38(35-18-10-11-19-41(35)50-42)27-40(37)49(39)34-23-20-32(21-24-34)45-47-43(30-14-6-2-7-15-30)46-44(48-45)31-16-8-3-9-17-31/h1-27,42H,28H2. The van der Waals surface area contributed by atoms with Crippen molar-refractivity contribution in [2.45, 2.75) is 16.6 Å². The lowest BCUT2D eigenvalue weighted by molar-refractivity contribution is 1.00. The van der Waals surface area contributed by atoms with E-state index in [0.29, 0.717) is 22.7 Å². The van der Waals surface area contributed by atoms with Crippen LogP contribution in [0.2, 0.25) is 0 Å². The molecule has 0 saturated carbocycles. The molecule has 5 heteroatoms. The molecule has 1 unspecified atom stereocenters. The Morgan fingerprint density at radius 3 is 1.70 bits per heavy atom. The molecule has 0 fully saturated rings. The van der Waals surface area contributed by atoms with Gasteiger partial charge in [0, 0.05) is 37.9 Å². The van der Waals surface area contributed by atoms with E-state index in [1.54, 1.807) is 0 Å². The lowest BCUT2D eigenvalue weighted by atomic mass is 9.90. The summed E-state index contributed by atoms with van der Waals surface area (Å²) >= 11 is 2.00. The first-order chi connectivity index (χ1) is 24.8. The normalized spacial score (nSPS) is 14.6. The Morgan fingerprint density at radius 1 is 0.520 bits per heavy atom. The second kappa shape index (κ2) is 11.8. The highest BCUT2D eigenvalue weighted by Crippen LogP contribution is 2.51. The van der Waals surface area contributed by atoms with Gasteiger partial charge in [-0.3, -0.25) is 0 Å². The summed E-state index contributed by atoms with van der Waals surface area (Å²) in [6.45, 7) is 0. The highest BCUT2D eigenvalue weighted by molar-refractivity contribution is 8.00. The van der Waals surface area contributed by atoms with Crippen molar-refractivity contribution in [3.63, 3.8) is 0 Å². The molecule has 4 nitrogen and oxygen atoms in total. The third-order valence-electron chi connectivity index (χ3n) is 9.80. The summed E-state index contributed by atoms with van der Waals surface area (Å²) in [5.41, 5.74) is 13.1. The molecule has 1 aliphatic heterocycles. The monoisotopic (exact) mass is 658 g/mol. The van der Waals surface area contributed by atoms with Gasteiger partial charge in [-0.05, 0) is 82.8 Å². The highest BCUT2D eigenvalue weighted by Gasteiger charge is 2.34. The van der Waals surface area contributed by atoms with E-state index < -0.39 is 0 Å². The molecule has 0 spiro atoms. The fourth-order valence-electron chi connectivity index (χ4n) is 7.38. The molecule has 236 valence electrons. The van der Waals surface area contributed by atoms with Gasteiger partial charge < -0.3 is 4.57 Å². The zero-order valence-electron chi connectivity index (χ0n) is 27.1. The Labute approximate surface area is 294 Å². The Hall–Kier alpha value is -6.04. The van der Waals surface area contributed by atoms with Crippen LogP contribution in [0.5, 0.6) is 0 Å². The lowest BCUT2D eigenvalue weighted by Gasteiger charge is -2.20. The first kappa shape index (κ1) is 28.9. The summed E-state index contributed by atoms with van der Waals surface area (Å²) in [6.07, 6.45) is 3.44. The van der Waals surface area contributed by atoms with Gasteiger partial charge in [0.15, 0.2) is 17.5 Å². The van der Waals surface area contributed by atoms with Crippen LogP contribution in [0, 0.1) is 0 Å². The van der Waals surface area contributed by atoms with Gasteiger partial charge in [0.05, 0.1) is 11.2 Å². The Morgan fingerprint density at radius 2 is 1.06 bits per heavy atom. The molecule has 0 saturated heterocycles. The van der Waals surface area contributed by atoms with Gasteiger partial charge >= 0.3 is 0 Å². The van der Waals surface area contributed by atoms with Gasteiger partial charge in [-0.1, -0.05) is 115 Å². The molecule has 0 N–H and O–H groups in total. The minimum absolute atomic E-state index is 0.420. The maximum Gasteiger partial charge on any atom is 0.164 e. The highest BCUT2D eigenvalue weighted by atomic mass is 32.2. The molecule has 0 bridgehead atoms. The van der Waals surface area contributed by atoms with E-state index in [9.17, 15) is 0 Å². The molecule has 1 aliphatic carbocycles. The van der Waals surface area contributed by atoms with Crippen LogP contribution in [0.15, 0.2) is 163 Å². The summed E-state index contributed by atoms with van der Waals surface area (Å²) < 4.78 is 2.44. The topological polar surface area (TPSA) is 43.6 Å². The van der Waals surface area contributed by atoms with Crippen LogP contribution < -0.4 is 0 Å². The van der Waals surface area contributed by atoms with Crippen molar-refractivity contribution in [3.05, 3.63) is 175 Å². The Balaban J connectivity index is 1.12. The van der Waals surface area contributed by atoms with Gasteiger partial charge in [0.1, 0.15) is 0 Å². The number of benzene rings is 6. The molecule has 10 rings (SSSR count). The van der Waals surface area contributed by atoms with Crippen LogP contribution in [0.25, 0.3) is 73.5 Å². The maximum atomic E-state index is 4.97. The number of hydrogen-bond acceptors (Lipinski definition) is 4. The molecule has 2 aliphatic rings. The molecule has 1 atom stereocenters. The second-order valence-corrected chi connectivity index (χ2v) is 14.0. The SMILES string of the molecule is C1=C2c3ccccc3SC2Cc2c1n(-c1ccc(-c3nc(-c4ccccc4)nc(-c4ccccc4)n3)cc1)c1ccc(-c3ccccc3)cc21. The molecular weight excluding hydrogens is 629 g/mol. The summed E-state index contributed by atoms with van der Waals surface area (Å²) in [5.74, 6) is 1.98. The predicted molar refractivity (Wildman–Crippen MR) is 206 cm³/mol. The number of fused-ring (bicyclic) bond motifs is 6. The molecule has 8 aromatic rings. The number of nitrogens with zero attached hydrogens (tertiary/aromatic N) is 4. The third kappa shape index (κ3) is 4.89. The largest absolute Gasteiger partial charge is 0.310 e. The molecule has 50 heavy (non-hydrogen) atoms. The van der Waals surface area contributed by atoms with E-state index in [-0.39, 0.29) is 0 Å². The van der Waals surface area contributed by atoms with Gasteiger partial charge in [-0.15, -0.1) is 11.8 Å². The minimum Gasteiger partial charge on any atom is -0.310 e. The van der Waals surface area contributed by atoms with Crippen LogP contribution in [0.3, 0.4) is 0 Å². The van der Waals surface area contributed by atoms with Crippen molar-refractivity contribution >= 4 is 34.3 Å². The van der Waals surface area contributed by atoms with Crippen LogP contribution in [-0.4, -0.2) is 24.8 Å².